The van der Waals surface area contributed by atoms with E-state index in [0.717, 1.165) is 24.8 Å². The van der Waals surface area contributed by atoms with E-state index in [1.807, 2.05) is 19.1 Å². The molecule has 1 amide bonds. The van der Waals surface area contributed by atoms with Gasteiger partial charge >= 0.3 is 0 Å². The van der Waals surface area contributed by atoms with Gasteiger partial charge in [-0.3, -0.25) is 4.79 Å². The van der Waals surface area contributed by atoms with Crippen LogP contribution < -0.4 is 0 Å². The van der Waals surface area contributed by atoms with Crippen molar-refractivity contribution in [2.75, 3.05) is 6.54 Å². The Balaban J connectivity index is 1.91. The molecule has 1 atom stereocenters. The maximum absolute atomic E-state index is 14.1. The summed E-state index contributed by atoms with van der Waals surface area (Å²) in [5.41, 5.74) is 2.18. The van der Waals surface area contributed by atoms with Crippen LogP contribution in [0.4, 0.5) is 4.39 Å². The Morgan fingerprint density at radius 3 is 2.83 bits per heavy atom. The molecule has 3 rings (SSSR count). The van der Waals surface area contributed by atoms with E-state index in [1.165, 1.54) is 6.07 Å². The lowest BCUT2D eigenvalue weighted by molar-refractivity contribution is 0.0733. The third-order valence-corrected chi connectivity index (χ3v) is 4.82. The van der Waals surface area contributed by atoms with Crippen molar-refractivity contribution in [1.82, 2.24) is 4.90 Å². The average molecular weight is 332 g/mol. The highest BCUT2D eigenvalue weighted by molar-refractivity contribution is 6.31. The van der Waals surface area contributed by atoms with Crippen LogP contribution in [0.15, 0.2) is 42.5 Å². The van der Waals surface area contributed by atoms with Gasteiger partial charge in [0.05, 0.1) is 6.04 Å². The molecule has 0 spiro atoms. The van der Waals surface area contributed by atoms with Gasteiger partial charge in [0.1, 0.15) is 5.82 Å². The number of benzene rings is 2. The first-order valence-corrected chi connectivity index (χ1v) is 8.33. The molecule has 0 aromatic heterocycles. The van der Waals surface area contributed by atoms with Crippen molar-refractivity contribution in [3.8, 4) is 0 Å². The van der Waals surface area contributed by atoms with Crippen molar-refractivity contribution < 1.29 is 9.18 Å². The molecule has 23 heavy (non-hydrogen) atoms. The SMILES string of the molecule is CCc1cc(C(=O)N2CCCC2c2ccccc2F)ccc1Cl. The first kappa shape index (κ1) is 16.0. The van der Waals surface area contributed by atoms with Crippen LogP contribution in [0.2, 0.25) is 5.02 Å². The van der Waals surface area contributed by atoms with Crippen LogP contribution in [0.5, 0.6) is 0 Å². The zero-order valence-electron chi connectivity index (χ0n) is 13.1. The molecule has 2 aromatic carbocycles. The molecule has 1 saturated heterocycles. The van der Waals surface area contributed by atoms with Gasteiger partial charge < -0.3 is 4.90 Å². The Morgan fingerprint density at radius 2 is 2.09 bits per heavy atom. The standard InChI is InChI=1S/C19H19ClFNO/c1-2-13-12-14(9-10-16(13)20)19(23)22-11-5-8-18(22)15-6-3-4-7-17(15)21/h3-4,6-7,9-10,12,18H,2,5,8,11H2,1H3. The first-order chi connectivity index (χ1) is 11.1. The van der Waals surface area contributed by atoms with Crippen LogP contribution in [-0.4, -0.2) is 17.4 Å². The fraction of sp³-hybridized carbons (Fsp3) is 0.316. The van der Waals surface area contributed by atoms with Gasteiger partial charge in [0.15, 0.2) is 0 Å². The van der Waals surface area contributed by atoms with E-state index in [9.17, 15) is 9.18 Å². The first-order valence-electron chi connectivity index (χ1n) is 7.95. The number of amides is 1. The zero-order chi connectivity index (χ0) is 16.4. The van der Waals surface area contributed by atoms with Crippen LogP contribution in [0, 0.1) is 5.82 Å². The molecule has 1 aliphatic rings. The third kappa shape index (κ3) is 3.11. The van der Waals surface area contributed by atoms with Gasteiger partial charge in [-0.1, -0.05) is 36.7 Å². The number of nitrogens with zero attached hydrogens (tertiary/aromatic N) is 1. The minimum atomic E-state index is -0.248. The van der Waals surface area contributed by atoms with Gasteiger partial charge in [-0.15, -0.1) is 0 Å². The van der Waals surface area contributed by atoms with Crippen molar-refractivity contribution in [2.45, 2.75) is 32.2 Å². The van der Waals surface area contributed by atoms with E-state index in [0.29, 0.717) is 22.7 Å². The van der Waals surface area contributed by atoms with Crippen LogP contribution in [0.25, 0.3) is 0 Å². The number of hydrogen-bond donors (Lipinski definition) is 0. The molecule has 2 aromatic rings. The van der Waals surface area contributed by atoms with Gasteiger partial charge in [-0.2, -0.15) is 0 Å². The summed E-state index contributed by atoms with van der Waals surface area (Å²) in [7, 11) is 0. The lowest BCUT2D eigenvalue weighted by Gasteiger charge is -2.25. The Kier molecular flexibility index (Phi) is 4.67. The minimum absolute atomic E-state index is 0.0536. The third-order valence-electron chi connectivity index (χ3n) is 4.45. The molecular weight excluding hydrogens is 313 g/mol. The van der Waals surface area contributed by atoms with Crippen molar-refractivity contribution in [3.63, 3.8) is 0 Å². The van der Waals surface area contributed by atoms with E-state index in [2.05, 4.69) is 0 Å². The molecule has 4 heteroatoms. The lowest BCUT2D eigenvalue weighted by atomic mass is 10.0. The van der Waals surface area contributed by atoms with Crippen molar-refractivity contribution in [3.05, 3.63) is 70.0 Å². The number of hydrogen-bond acceptors (Lipinski definition) is 1. The molecule has 120 valence electrons. The molecule has 0 radical (unpaired) electrons. The molecule has 0 saturated carbocycles. The van der Waals surface area contributed by atoms with Crippen molar-refractivity contribution in [2.24, 2.45) is 0 Å². The second-order valence-corrected chi connectivity index (χ2v) is 6.25. The van der Waals surface area contributed by atoms with E-state index < -0.39 is 0 Å². The molecule has 0 N–H and O–H groups in total. The summed E-state index contributed by atoms with van der Waals surface area (Å²) in [4.78, 5) is 14.7. The molecule has 1 unspecified atom stereocenters. The molecule has 1 heterocycles. The largest absolute Gasteiger partial charge is 0.331 e. The zero-order valence-corrected chi connectivity index (χ0v) is 13.8. The van der Waals surface area contributed by atoms with Gasteiger partial charge in [0, 0.05) is 22.7 Å². The molecule has 2 nitrogen and oxygen atoms in total. The fourth-order valence-corrected chi connectivity index (χ4v) is 3.47. The Bertz CT molecular complexity index is 731. The van der Waals surface area contributed by atoms with Crippen LogP contribution in [-0.2, 0) is 6.42 Å². The summed E-state index contributed by atoms with van der Waals surface area (Å²) >= 11 is 6.13. The number of carbonyl (C=O) groups is 1. The van der Waals surface area contributed by atoms with Crippen molar-refractivity contribution >= 4 is 17.5 Å². The number of halogens is 2. The number of carbonyl (C=O) groups excluding carboxylic acids is 1. The second-order valence-electron chi connectivity index (χ2n) is 5.84. The summed E-state index contributed by atoms with van der Waals surface area (Å²) in [6, 6.07) is 11.9. The van der Waals surface area contributed by atoms with Gasteiger partial charge in [-0.25, -0.2) is 4.39 Å². The highest BCUT2D eigenvalue weighted by atomic mass is 35.5. The van der Waals surface area contributed by atoms with Crippen LogP contribution in [0.1, 0.15) is 47.3 Å². The minimum Gasteiger partial charge on any atom is -0.331 e. The molecule has 0 bridgehead atoms. The lowest BCUT2D eigenvalue weighted by Crippen LogP contribution is -2.31. The Morgan fingerprint density at radius 1 is 1.30 bits per heavy atom. The van der Waals surface area contributed by atoms with Crippen molar-refractivity contribution in [1.29, 1.82) is 0 Å². The predicted octanol–water partition coefficient (Wildman–Crippen LogP) is 5.02. The predicted molar refractivity (Wildman–Crippen MR) is 90.2 cm³/mol. The number of rotatable bonds is 3. The van der Waals surface area contributed by atoms with E-state index >= 15 is 0 Å². The monoisotopic (exact) mass is 331 g/mol. The van der Waals surface area contributed by atoms with Gasteiger partial charge in [0.2, 0.25) is 0 Å². The maximum Gasteiger partial charge on any atom is 0.254 e. The molecule has 1 fully saturated rings. The normalized spacial score (nSPS) is 17.5. The van der Waals surface area contributed by atoms with Gasteiger partial charge in [-0.05, 0) is 49.1 Å². The van der Waals surface area contributed by atoms with Gasteiger partial charge in [0.25, 0.3) is 5.91 Å². The topological polar surface area (TPSA) is 20.3 Å². The highest BCUT2D eigenvalue weighted by Crippen LogP contribution is 2.34. The molecular formula is C19H19ClFNO. The fourth-order valence-electron chi connectivity index (χ4n) is 3.22. The van der Waals surface area contributed by atoms with E-state index in [1.54, 1.807) is 29.2 Å². The molecule has 0 aliphatic carbocycles. The average Bonchev–Trinajstić information content (AvgIpc) is 3.04. The summed E-state index contributed by atoms with van der Waals surface area (Å²) in [5, 5.41) is 0.677. The van der Waals surface area contributed by atoms with Crippen LogP contribution >= 0.6 is 11.6 Å². The number of aryl methyl sites for hydroxylation is 1. The highest BCUT2D eigenvalue weighted by Gasteiger charge is 2.32. The quantitative estimate of drug-likeness (QED) is 0.773. The molecule has 1 aliphatic heterocycles. The smallest absolute Gasteiger partial charge is 0.254 e. The van der Waals surface area contributed by atoms with E-state index in [-0.39, 0.29) is 17.8 Å². The summed E-state index contributed by atoms with van der Waals surface area (Å²) in [5.74, 6) is -0.301. The Labute approximate surface area is 140 Å². The summed E-state index contributed by atoms with van der Waals surface area (Å²) in [6.45, 7) is 2.66. The van der Waals surface area contributed by atoms with Crippen LogP contribution in [0.3, 0.4) is 0 Å². The maximum atomic E-state index is 14.1. The summed E-state index contributed by atoms with van der Waals surface area (Å²) in [6.07, 6.45) is 2.45. The number of likely N-dealkylation sites (tertiary alicyclic amines) is 1. The second kappa shape index (κ2) is 6.71. The Hall–Kier alpha value is -1.87. The van der Waals surface area contributed by atoms with E-state index in [4.69, 9.17) is 11.6 Å². The summed E-state index contributed by atoms with van der Waals surface area (Å²) < 4.78 is 14.1.